The van der Waals surface area contributed by atoms with Gasteiger partial charge in [-0.05, 0) is 42.1 Å². The number of anilines is 1. The molecule has 31 heavy (non-hydrogen) atoms. The Balaban J connectivity index is 1.41. The molecule has 0 spiro atoms. The summed E-state index contributed by atoms with van der Waals surface area (Å²) >= 11 is 1.32. The molecule has 2 aromatic heterocycles. The second-order valence-electron chi connectivity index (χ2n) is 6.71. The van der Waals surface area contributed by atoms with Gasteiger partial charge in [0.2, 0.25) is 5.91 Å². The summed E-state index contributed by atoms with van der Waals surface area (Å²) in [5.41, 5.74) is 0.666. The molecule has 158 valence electrons. The number of carbonyl (C=O) groups is 1. The van der Waals surface area contributed by atoms with Gasteiger partial charge >= 0.3 is 0 Å². The Kier molecular flexibility index (Phi) is 6.13. The van der Waals surface area contributed by atoms with Gasteiger partial charge in [-0.15, -0.1) is 0 Å². The fourth-order valence-corrected chi connectivity index (χ4v) is 3.75. The van der Waals surface area contributed by atoms with E-state index in [1.165, 1.54) is 36.2 Å². The lowest BCUT2D eigenvalue weighted by atomic mass is 10.2. The van der Waals surface area contributed by atoms with E-state index < -0.39 is 11.6 Å². The number of carbonyl (C=O) groups excluding carboxylic acids is 1. The standard InChI is InChI=1S/C22H18F2N4O2S/c1-28-11-10-25-22(28)31-19-7-6-14(23)12-17(19)27-20(29)8-9-21-26-13-18(30-21)15-4-2-3-5-16(15)24/h2-7,10-13H,8-9H2,1H3,(H,27,29). The van der Waals surface area contributed by atoms with Gasteiger partial charge in [-0.1, -0.05) is 12.1 Å². The maximum absolute atomic E-state index is 13.9. The molecule has 0 saturated heterocycles. The molecule has 4 rings (SSSR count). The summed E-state index contributed by atoms with van der Waals surface area (Å²) in [4.78, 5) is 21.5. The molecule has 0 radical (unpaired) electrons. The molecule has 9 heteroatoms. The summed E-state index contributed by atoms with van der Waals surface area (Å²) in [5, 5.41) is 3.45. The van der Waals surface area contributed by atoms with Crippen molar-refractivity contribution in [2.24, 2.45) is 7.05 Å². The minimum Gasteiger partial charge on any atom is -0.441 e. The van der Waals surface area contributed by atoms with Crippen molar-refractivity contribution in [2.75, 3.05) is 5.32 Å². The second-order valence-corrected chi connectivity index (χ2v) is 7.72. The van der Waals surface area contributed by atoms with Gasteiger partial charge in [-0.25, -0.2) is 18.7 Å². The highest BCUT2D eigenvalue weighted by molar-refractivity contribution is 7.99. The number of amides is 1. The first-order valence-corrected chi connectivity index (χ1v) is 10.3. The predicted molar refractivity (Wildman–Crippen MR) is 113 cm³/mol. The number of rotatable bonds is 7. The fraction of sp³-hybridized carbons (Fsp3) is 0.136. The number of imidazole rings is 1. The molecule has 0 fully saturated rings. The maximum atomic E-state index is 13.9. The lowest BCUT2D eigenvalue weighted by Crippen LogP contribution is -2.13. The Morgan fingerprint density at radius 2 is 2.03 bits per heavy atom. The number of aryl methyl sites for hydroxylation is 2. The second kappa shape index (κ2) is 9.13. The van der Waals surface area contributed by atoms with Gasteiger partial charge < -0.3 is 14.3 Å². The van der Waals surface area contributed by atoms with Crippen LogP contribution in [-0.4, -0.2) is 20.4 Å². The van der Waals surface area contributed by atoms with Gasteiger partial charge in [0.1, 0.15) is 11.6 Å². The normalized spacial score (nSPS) is 10.9. The smallest absolute Gasteiger partial charge is 0.224 e. The van der Waals surface area contributed by atoms with Crippen molar-refractivity contribution in [1.29, 1.82) is 0 Å². The summed E-state index contributed by atoms with van der Waals surface area (Å²) < 4.78 is 35.0. The minimum atomic E-state index is -0.457. The maximum Gasteiger partial charge on any atom is 0.224 e. The first kappa shape index (κ1) is 20.8. The van der Waals surface area contributed by atoms with E-state index in [1.54, 1.807) is 36.7 Å². The van der Waals surface area contributed by atoms with Crippen molar-refractivity contribution in [3.63, 3.8) is 0 Å². The lowest BCUT2D eigenvalue weighted by molar-refractivity contribution is -0.116. The lowest BCUT2D eigenvalue weighted by Gasteiger charge is -2.10. The zero-order valence-corrected chi connectivity index (χ0v) is 17.3. The number of nitrogens with zero attached hydrogens (tertiary/aromatic N) is 3. The number of halogens is 2. The molecule has 2 aromatic carbocycles. The summed E-state index contributed by atoms with van der Waals surface area (Å²) in [7, 11) is 1.85. The first-order valence-electron chi connectivity index (χ1n) is 9.44. The highest BCUT2D eigenvalue weighted by Crippen LogP contribution is 2.33. The highest BCUT2D eigenvalue weighted by Gasteiger charge is 2.14. The number of hydrogen-bond donors (Lipinski definition) is 1. The van der Waals surface area contributed by atoms with Crippen molar-refractivity contribution in [3.8, 4) is 11.3 Å². The van der Waals surface area contributed by atoms with Crippen molar-refractivity contribution in [2.45, 2.75) is 22.9 Å². The van der Waals surface area contributed by atoms with Gasteiger partial charge in [0, 0.05) is 37.2 Å². The van der Waals surface area contributed by atoms with E-state index in [4.69, 9.17) is 4.42 Å². The Morgan fingerprint density at radius 1 is 1.19 bits per heavy atom. The predicted octanol–water partition coefficient (Wildman–Crippen LogP) is 5.08. The monoisotopic (exact) mass is 440 g/mol. The zero-order chi connectivity index (χ0) is 21.8. The summed E-state index contributed by atoms with van der Waals surface area (Å²) in [5.74, 6) is -0.575. The van der Waals surface area contributed by atoms with E-state index in [2.05, 4.69) is 15.3 Å². The third-order valence-electron chi connectivity index (χ3n) is 4.45. The minimum absolute atomic E-state index is 0.0697. The summed E-state index contributed by atoms with van der Waals surface area (Å²) in [6.45, 7) is 0. The van der Waals surface area contributed by atoms with Crippen LogP contribution in [0.2, 0.25) is 0 Å². The van der Waals surface area contributed by atoms with Crippen LogP contribution in [0.5, 0.6) is 0 Å². The van der Waals surface area contributed by atoms with E-state index in [-0.39, 0.29) is 18.7 Å². The fourth-order valence-electron chi connectivity index (χ4n) is 2.88. The molecule has 1 amide bonds. The number of nitrogens with one attached hydrogen (secondary N) is 1. The summed E-state index contributed by atoms with van der Waals surface area (Å²) in [6, 6.07) is 10.4. The van der Waals surface area contributed by atoms with Gasteiger partial charge in [-0.2, -0.15) is 0 Å². The van der Waals surface area contributed by atoms with Gasteiger partial charge in [0.15, 0.2) is 16.8 Å². The van der Waals surface area contributed by atoms with Crippen LogP contribution in [0.25, 0.3) is 11.3 Å². The molecule has 6 nitrogen and oxygen atoms in total. The topological polar surface area (TPSA) is 73.0 Å². The molecule has 0 unspecified atom stereocenters. The van der Waals surface area contributed by atoms with Crippen molar-refractivity contribution >= 4 is 23.4 Å². The van der Waals surface area contributed by atoms with Crippen LogP contribution in [0.1, 0.15) is 12.3 Å². The van der Waals surface area contributed by atoms with E-state index in [9.17, 15) is 13.6 Å². The average Bonchev–Trinajstić information content (AvgIpc) is 3.38. The van der Waals surface area contributed by atoms with E-state index >= 15 is 0 Å². The third-order valence-corrected chi connectivity index (χ3v) is 5.60. The van der Waals surface area contributed by atoms with Crippen molar-refractivity contribution in [1.82, 2.24) is 14.5 Å². The largest absolute Gasteiger partial charge is 0.441 e. The quantitative estimate of drug-likeness (QED) is 0.434. The molecule has 1 N–H and O–H groups in total. The molecule has 0 bridgehead atoms. The molecule has 0 aliphatic carbocycles. The van der Waals surface area contributed by atoms with E-state index in [1.807, 2.05) is 11.6 Å². The van der Waals surface area contributed by atoms with Gasteiger partial charge in [0.05, 0.1) is 17.4 Å². The van der Waals surface area contributed by atoms with E-state index in [0.29, 0.717) is 33.0 Å². The molecule has 4 aromatic rings. The van der Waals surface area contributed by atoms with Crippen molar-refractivity contribution in [3.05, 3.63) is 78.6 Å². The first-order chi connectivity index (χ1) is 15.0. The Labute approximate surface area is 181 Å². The van der Waals surface area contributed by atoms with Crippen LogP contribution in [0.3, 0.4) is 0 Å². The van der Waals surface area contributed by atoms with E-state index in [0.717, 1.165) is 0 Å². The van der Waals surface area contributed by atoms with Crippen LogP contribution >= 0.6 is 11.8 Å². The summed E-state index contributed by atoms with van der Waals surface area (Å²) in [6.07, 6.45) is 5.18. The molecule has 0 aliphatic heterocycles. The molecule has 2 heterocycles. The number of hydrogen-bond acceptors (Lipinski definition) is 5. The van der Waals surface area contributed by atoms with Crippen LogP contribution < -0.4 is 5.32 Å². The molecular formula is C22H18F2N4O2S. The molecule has 0 aliphatic rings. The van der Waals surface area contributed by atoms with Crippen LogP contribution in [-0.2, 0) is 18.3 Å². The molecular weight excluding hydrogens is 422 g/mol. The number of oxazole rings is 1. The van der Waals surface area contributed by atoms with Gasteiger partial charge in [0.25, 0.3) is 0 Å². The third kappa shape index (κ3) is 5.00. The molecule has 0 atom stereocenters. The van der Waals surface area contributed by atoms with Crippen LogP contribution in [0, 0.1) is 11.6 Å². The highest BCUT2D eigenvalue weighted by atomic mass is 32.2. The number of aromatic nitrogens is 3. The number of benzene rings is 2. The Bertz CT molecular complexity index is 1220. The van der Waals surface area contributed by atoms with Gasteiger partial charge in [-0.3, -0.25) is 4.79 Å². The Morgan fingerprint density at radius 3 is 2.81 bits per heavy atom. The molecule has 0 saturated carbocycles. The zero-order valence-electron chi connectivity index (χ0n) is 16.5. The average molecular weight is 440 g/mol. The van der Waals surface area contributed by atoms with Crippen LogP contribution in [0.15, 0.2) is 75.5 Å². The Hall–Kier alpha value is -3.46. The van der Waals surface area contributed by atoms with Crippen molar-refractivity contribution < 1.29 is 18.0 Å². The SMILES string of the molecule is Cn1ccnc1Sc1ccc(F)cc1NC(=O)CCc1ncc(-c2ccccc2F)o1. The van der Waals surface area contributed by atoms with Crippen LogP contribution in [0.4, 0.5) is 14.5 Å².